The van der Waals surface area contributed by atoms with E-state index >= 15 is 0 Å². The van der Waals surface area contributed by atoms with Crippen molar-refractivity contribution >= 4 is 0 Å². The summed E-state index contributed by atoms with van der Waals surface area (Å²) in [5, 5.41) is 8.96. The molecule has 1 N–H and O–H groups in total. The molecule has 0 saturated heterocycles. The Morgan fingerprint density at radius 2 is 2.23 bits per heavy atom. The molecule has 1 heteroatoms. The lowest BCUT2D eigenvalue weighted by atomic mass is 9.99. The van der Waals surface area contributed by atoms with Crippen LogP contribution in [0.3, 0.4) is 0 Å². The maximum atomic E-state index is 8.96. The van der Waals surface area contributed by atoms with Crippen molar-refractivity contribution in [2.75, 3.05) is 0 Å². The normalized spacial score (nSPS) is 15.4. The smallest absolute Gasteiger partial charge is 0.110 e. The summed E-state index contributed by atoms with van der Waals surface area (Å²) in [6.45, 7) is 1.08. The number of aliphatic hydroxyl groups excluding tert-OH is 1. The summed E-state index contributed by atoms with van der Waals surface area (Å²) >= 11 is 0. The van der Waals surface area contributed by atoms with Gasteiger partial charge in [-0.15, -0.1) is 6.42 Å². The molecule has 1 aliphatic carbocycles. The molecule has 0 bridgehead atoms. The fraction of sp³-hybridized carbons (Fsp3) is 0.250. The second-order valence-electron chi connectivity index (χ2n) is 3.36. The van der Waals surface area contributed by atoms with E-state index in [-0.39, 0.29) is 0 Å². The number of aliphatic hydroxyl groups is 1. The van der Waals surface area contributed by atoms with E-state index < -0.39 is 0 Å². The van der Waals surface area contributed by atoms with Crippen LogP contribution in [0.25, 0.3) is 0 Å². The predicted molar refractivity (Wildman–Crippen MR) is 51.7 cm³/mol. The Balaban J connectivity index is 2.49. The maximum Gasteiger partial charge on any atom is 0.110 e. The van der Waals surface area contributed by atoms with E-state index in [2.05, 4.69) is 12.0 Å². The zero-order valence-electron chi connectivity index (χ0n) is 7.33. The number of benzene rings is 1. The average molecular weight is 171 g/mol. The summed E-state index contributed by atoms with van der Waals surface area (Å²) in [6.07, 6.45) is 7.86. The minimum Gasteiger partial charge on any atom is -0.385 e. The monoisotopic (exact) mass is 171 g/mol. The van der Waals surface area contributed by atoms with Gasteiger partial charge in [0.1, 0.15) is 6.61 Å². The van der Waals surface area contributed by atoms with E-state index in [4.69, 9.17) is 11.5 Å². The molecule has 0 atom stereocenters. The van der Waals surface area contributed by atoms with Crippen molar-refractivity contribution in [3.63, 3.8) is 0 Å². The van der Waals surface area contributed by atoms with Gasteiger partial charge in [-0.3, -0.25) is 0 Å². The van der Waals surface area contributed by atoms with Crippen molar-refractivity contribution < 1.29 is 5.11 Å². The van der Waals surface area contributed by atoms with E-state index in [9.17, 15) is 0 Å². The molecule has 13 heavy (non-hydrogen) atoms. The maximum absolute atomic E-state index is 8.96. The van der Waals surface area contributed by atoms with Gasteiger partial charge in [-0.25, -0.2) is 0 Å². The van der Waals surface area contributed by atoms with Gasteiger partial charge in [0.25, 0.3) is 0 Å². The van der Waals surface area contributed by atoms with Crippen molar-refractivity contribution in [2.24, 2.45) is 0 Å². The summed E-state index contributed by atoms with van der Waals surface area (Å²) in [6, 6.07) is 5.83. The van der Waals surface area contributed by atoms with E-state index in [1.54, 1.807) is 0 Å². The zero-order valence-corrected chi connectivity index (χ0v) is 7.33. The lowest BCUT2D eigenvalue weighted by Gasteiger charge is -2.06. The second kappa shape index (κ2) is 3.24. The molecule has 0 aromatic heterocycles. The number of rotatable bonds is 2. The molecule has 1 aromatic rings. The summed E-state index contributed by atoms with van der Waals surface area (Å²) < 4.78 is 0. The quantitative estimate of drug-likeness (QED) is 0.677. The summed E-state index contributed by atoms with van der Waals surface area (Å²) in [5.74, 6) is 3.28. The molecule has 0 spiro atoms. The first-order valence-electron chi connectivity index (χ1n) is 4.43. The van der Waals surface area contributed by atoms with Gasteiger partial charge < -0.3 is 5.11 Å². The third kappa shape index (κ3) is 1.46. The molecule has 2 rings (SSSR count). The Bertz CT molecular complexity index is 356. The highest BCUT2D eigenvalue weighted by Gasteiger charge is 2.26. The largest absolute Gasteiger partial charge is 0.385 e. The molecule has 0 unspecified atom stereocenters. The zero-order chi connectivity index (χ0) is 9.26. The first-order chi connectivity index (χ1) is 6.36. The van der Waals surface area contributed by atoms with Crippen LogP contribution in [0.5, 0.6) is 0 Å². The fourth-order valence-corrected chi connectivity index (χ4v) is 1.60. The molecule has 1 radical (unpaired) electrons. The van der Waals surface area contributed by atoms with Crippen molar-refractivity contribution in [1.29, 1.82) is 0 Å². The molecule has 1 saturated carbocycles. The van der Waals surface area contributed by atoms with E-state index in [0.29, 0.717) is 5.92 Å². The number of hydrogen-bond donors (Lipinski definition) is 1. The van der Waals surface area contributed by atoms with Crippen LogP contribution < -0.4 is 0 Å². The van der Waals surface area contributed by atoms with Crippen molar-refractivity contribution in [2.45, 2.75) is 18.8 Å². The molecule has 0 aliphatic heterocycles. The van der Waals surface area contributed by atoms with Crippen LogP contribution in [0.1, 0.15) is 35.4 Å². The van der Waals surface area contributed by atoms with Gasteiger partial charge in [0.2, 0.25) is 0 Å². The highest BCUT2D eigenvalue weighted by molar-refractivity contribution is 5.50. The van der Waals surface area contributed by atoms with Crippen LogP contribution in [0, 0.1) is 19.0 Å². The lowest BCUT2D eigenvalue weighted by Crippen LogP contribution is -1.93. The average Bonchev–Trinajstić information content (AvgIpc) is 2.99. The standard InChI is InChI=1S/C12H11O/c1-2-11-10(8-13)4-3-5-12(11)9-6-7-9/h1,3-5,8-9,13H,6-7H2. The van der Waals surface area contributed by atoms with E-state index in [1.165, 1.54) is 18.4 Å². The van der Waals surface area contributed by atoms with Gasteiger partial charge in [-0.1, -0.05) is 24.1 Å². The van der Waals surface area contributed by atoms with Crippen molar-refractivity contribution in [3.05, 3.63) is 41.5 Å². The highest BCUT2D eigenvalue weighted by Crippen LogP contribution is 2.42. The van der Waals surface area contributed by atoms with Gasteiger partial charge in [0, 0.05) is 5.56 Å². The summed E-state index contributed by atoms with van der Waals surface area (Å²) in [4.78, 5) is 0. The van der Waals surface area contributed by atoms with Gasteiger partial charge in [-0.2, -0.15) is 0 Å². The molecule has 65 valence electrons. The Hall–Kier alpha value is -1.26. The van der Waals surface area contributed by atoms with Crippen LogP contribution >= 0.6 is 0 Å². The predicted octanol–water partition coefficient (Wildman–Crippen LogP) is 2.43. The number of terminal acetylenes is 1. The molecular weight excluding hydrogens is 160 g/mol. The van der Waals surface area contributed by atoms with Crippen molar-refractivity contribution in [3.8, 4) is 12.3 Å². The molecule has 0 heterocycles. The molecule has 1 aromatic carbocycles. The first-order valence-corrected chi connectivity index (χ1v) is 4.43. The minimum absolute atomic E-state index is 0.631. The molecule has 1 fully saturated rings. The third-order valence-electron chi connectivity index (χ3n) is 2.43. The summed E-state index contributed by atoms with van der Waals surface area (Å²) in [5.41, 5.74) is 2.82. The van der Waals surface area contributed by atoms with Gasteiger partial charge in [0.05, 0.1) is 0 Å². The van der Waals surface area contributed by atoms with Crippen LogP contribution in [0.15, 0.2) is 18.2 Å². The van der Waals surface area contributed by atoms with Crippen LogP contribution in [-0.4, -0.2) is 5.11 Å². The number of hydrogen-bond acceptors (Lipinski definition) is 1. The van der Waals surface area contributed by atoms with Crippen LogP contribution in [0.4, 0.5) is 0 Å². The Kier molecular flexibility index (Phi) is 2.08. The summed E-state index contributed by atoms with van der Waals surface area (Å²) in [7, 11) is 0. The SMILES string of the molecule is C#Cc1c([CH]O)cccc1C1CC1. The molecular formula is C12H11O. The Morgan fingerprint density at radius 1 is 1.46 bits per heavy atom. The van der Waals surface area contributed by atoms with Gasteiger partial charge in [0.15, 0.2) is 0 Å². The third-order valence-corrected chi connectivity index (χ3v) is 2.43. The molecule has 1 nitrogen and oxygen atoms in total. The Labute approximate surface area is 78.4 Å². The molecule has 0 amide bonds. The topological polar surface area (TPSA) is 20.2 Å². The van der Waals surface area contributed by atoms with Crippen LogP contribution in [0.2, 0.25) is 0 Å². The van der Waals surface area contributed by atoms with Crippen LogP contribution in [-0.2, 0) is 0 Å². The Morgan fingerprint density at radius 3 is 2.77 bits per heavy atom. The van der Waals surface area contributed by atoms with E-state index in [0.717, 1.165) is 17.7 Å². The van der Waals surface area contributed by atoms with Gasteiger partial charge in [-0.05, 0) is 29.9 Å². The van der Waals surface area contributed by atoms with Crippen molar-refractivity contribution in [1.82, 2.24) is 0 Å². The lowest BCUT2D eigenvalue weighted by molar-refractivity contribution is 0.414. The molecule has 1 aliphatic rings. The first kappa shape index (κ1) is 8.34. The van der Waals surface area contributed by atoms with Gasteiger partial charge >= 0.3 is 0 Å². The second-order valence-corrected chi connectivity index (χ2v) is 3.36. The highest BCUT2D eigenvalue weighted by atomic mass is 16.3. The fourth-order valence-electron chi connectivity index (χ4n) is 1.60. The van der Waals surface area contributed by atoms with E-state index in [1.807, 2.05) is 12.1 Å². The minimum atomic E-state index is 0.631.